The van der Waals surface area contributed by atoms with Crippen molar-refractivity contribution in [3.8, 4) is 6.07 Å². The van der Waals surface area contributed by atoms with Gasteiger partial charge in [-0.1, -0.05) is 73.6 Å². The van der Waals surface area contributed by atoms with Crippen LogP contribution in [0.3, 0.4) is 0 Å². The molecule has 1 aromatic rings. The summed E-state index contributed by atoms with van der Waals surface area (Å²) < 4.78 is 0. The smallest absolute Gasteiger partial charge is 0.118 e. The Balaban J connectivity index is 1.43. The Bertz CT molecular complexity index is 1350. The summed E-state index contributed by atoms with van der Waals surface area (Å²) in [5.74, 6) is 1.55. The van der Waals surface area contributed by atoms with Gasteiger partial charge in [-0.15, -0.1) is 0 Å². The number of allylic oxidation sites excluding steroid dienone is 6. The van der Waals surface area contributed by atoms with Gasteiger partial charge in [-0.3, -0.25) is 9.80 Å². The predicted octanol–water partition coefficient (Wildman–Crippen LogP) is 6.75. The summed E-state index contributed by atoms with van der Waals surface area (Å²) in [6, 6.07) is 11.9. The number of benzene rings is 1. The molecule has 4 heterocycles. The van der Waals surface area contributed by atoms with E-state index < -0.39 is 0 Å². The molecule has 0 spiro atoms. The van der Waals surface area contributed by atoms with Gasteiger partial charge in [-0.2, -0.15) is 5.26 Å². The van der Waals surface area contributed by atoms with Crippen LogP contribution in [-0.2, 0) is 0 Å². The van der Waals surface area contributed by atoms with Crippen molar-refractivity contribution in [2.24, 2.45) is 5.92 Å². The standard InChI is InChI=1S/C36H45N5/c1-3-4-14-34-35(32-25-38-32)30-19-21-39(20-16-28-12-7-5-6-8-13-28)26-31(30)36(40-22-17-29(24-37)18-23-40)41(34)33-15-10-9-11-27(33)2/h5-12,14-15,29,32,38H,3-4,13,16-23,25-26H2,1-2H3/b34-14+. The lowest BCUT2D eigenvalue weighted by atomic mass is 9.84. The molecule has 6 rings (SSSR count). The molecular weight excluding hydrogens is 502 g/mol. The molecule has 0 aromatic heterocycles. The zero-order chi connectivity index (χ0) is 28.2. The van der Waals surface area contributed by atoms with E-state index in [1.54, 1.807) is 5.57 Å². The lowest BCUT2D eigenvalue weighted by Crippen LogP contribution is -2.47. The number of rotatable bonds is 8. The number of unbranched alkanes of at least 4 members (excludes halogenated alkanes) is 1. The van der Waals surface area contributed by atoms with E-state index in [-0.39, 0.29) is 5.92 Å². The fourth-order valence-electron chi connectivity index (χ4n) is 6.89. The van der Waals surface area contributed by atoms with Crippen molar-refractivity contribution in [3.63, 3.8) is 0 Å². The van der Waals surface area contributed by atoms with Gasteiger partial charge in [0.05, 0.1) is 11.8 Å². The first-order chi connectivity index (χ1) is 20.2. The molecule has 1 aromatic carbocycles. The quantitative estimate of drug-likeness (QED) is 0.365. The van der Waals surface area contributed by atoms with Gasteiger partial charge in [0.15, 0.2) is 0 Å². The van der Waals surface area contributed by atoms with Crippen LogP contribution in [-0.4, -0.2) is 55.1 Å². The summed E-state index contributed by atoms with van der Waals surface area (Å²) in [6.07, 6.45) is 20.9. The van der Waals surface area contributed by atoms with Crippen molar-refractivity contribution >= 4 is 5.69 Å². The Kier molecular flexibility index (Phi) is 8.60. The second kappa shape index (κ2) is 12.7. The van der Waals surface area contributed by atoms with Crippen molar-refractivity contribution in [1.29, 1.82) is 5.26 Å². The lowest BCUT2D eigenvalue weighted by molar-refractivity contribution is 0.237. The van der Waals surface area contributed by atoms with E-state index in [1.165, 1.54) is 39.5 Å². The van der Waals surface area contributed by atoms with E-state index in [4.69, 9.17) is 0 Å². The highest BCUT2D eigenvalue weighted by molar-refractivity contribution is 5.73. The molecule has 5 nitrogen and oxygen atoms in total. The minimum Gasteiger partial charge on any atom is -0.357 e. The first kappa shape index (κ1) is 27.8. The van der Waals surface area contributed by atoms with Crippen LogP contribution in [0.15, 0.2) is 94.5 Å². The van der Waals surface area contributed by atoms with Crippen LogP contribution in [0.4, 0.5) is 5.69 Å². The zero-order valence-corrected chi connectivity index (χ0v) is 24.9. The zero-order valence-electron chi connectivity index (χ0n) is 24.9. The monoisotopic (exact) mass is 547 g/mol. The maximum atomic E-state index is 9.67. The molecule has 1 atom stereocenters. The Morgan fingerprint density at radius 1 is 1.07 bits per heavy atom. The van der Waals surface area contributed by atoms with Gasteiger partial charge >= 0.3 is 0 Å². The van der Waals surface area contributed by atoms with Gasteiger partial charge in [-0.25, -0.2) is 0 Å². The Morgan fingerprint density at radius 3 is 2.66 bits per heavy atom. The highest BCUT2D eigenvalue weighted by atomic mass is 15.4. The summed E-state index contributed by atoms with van der Waals surface area (Å²) in [6.45, 7) is 10.7. The lowest BCUT2D eigenvalue weighted by Gasteiger charge is -2.48. The van der Waals surface area contributed by atoms with Crippen LogP contribution in [0.5, 0.6) is 0 Å². The molecule has 3 fully saturated rings. The van der Waals surface area contributed by atoms with Crippen LogP contribution in [0.1, 0.15) is 57.4 Å². The fourth-order valence-corrected chi connectivity index (χ4v) is 6.89. The van der Waals surface area contributed by atoms with Crippen molar-refractivity contribution in [2.75, 3.05) is 44.2 Å². The number of para-hydroxylation sites is 1. The third kappa shape index (κ3) is 6.01. The molecule has 1 unspecified atom stereocenters. The number of anilines is 1. The minimum absolute atomic E-state index is 0.169. The minimum atomic E-state index is 0.169. The van der Waals surface area contributed by atoms with E-state index in [2.05, 4.69) is 101 Å². The van der Waals surface area contributed by atoms with Gasteiger partial charge < -0.3 is 10.2 Å². The van der Waals surface area contributed by atoms with Gasteiger partial charge in [0.2, 0.25) is 0 Å². The van der Waals surface area contributed by atoms with Gasteiger partial charge in [0.25, 0.3) is 0 Å². The molecule has 41 heavy (non-hydrogen) atoms. The van der Waals surface area contributed by atoms with Crippen LogP contribution in [0, 0.1) is 24.2 Å². The average molecular weight is 548 g/mol. The van der Waals surface area contributed by atoms with Crippen molar-refractivity contribution in [2.45, 2.75) is 64.8 Å². The van der Waals surface area contributed by atoms with E-state index in [0.29, 0.717) is 6.04 Å². The number of nitrogens with zero attached hydrogens (tertiary/aromatic N) is 4. The number of hydrogen-bond acceptors (Lipinski definition) is 5. The molecule has 4 aliphatic heterocycles. The Labute approximate surface area is 246 Å². The first-order valence-electron chi connectivity index (χ1n) is 15.8. The highest BCUT2D eigenvalue weighted by Gasteiger charge is 2.42. The average Bonchev–Trinajstić information content (AvgIpc) is 3.87. The SMILES string of the molecule is CCC/C=C1\C(C2CN2)=C2CCN(CCC3=CC=CC=CC3)CC2=C(N2CCC(C#N)CC2)N1c1ccccc1C. The summed E-state index contributed by atoms with van der Waals surface area (Å²) in [5.41, 5.74) is 10.1. The number of fused-ring (bicyclic) bond motifs is 1. The summed E-state index contributed by atoms with van der Waals surface area (Å²) in [7, 11) is 0. The third-order valence-electron chi connectivity index (χ3n) is 9.28. The van der Waals surface area contributed by atoms with Crippen molar-refractivity contribution < 1.29 is 0 Å². The maximum absolute atomic E-state index is 9.67. The molecule has 1 aliphatic carbocycles. The second-order valence-corrected chi connectivity index (χ2v) is 12.2. The van der Waals surface area contributed by atoms with Crippen molar-refractivity contribution in [3.05, 3.63) is 100 Å². The molecule has 214 valence electrons. The molecule has 5 heteroatoms. The van der Waals surface area contributed by atoms with Gasteiger partial charge in [0.1, 0.15) is 5.82 Å². The molecule has 5 aliphatic rings. The van der Waals surface area contributed by atoms with E-state index >= 15 is 0 Å². The number of likely N-dealkylation sites (tertiary alicyclic amines) is 2. The van der Waals surface area contributed by atoms with E-state index in [0.717, 1.165) is 84.2 Å². The summed E-state index contributed by atoms with van der Waals surface area (Å²) >= 11 is 0. The number of hydrogen-bond donors (Lipinski definition) is 1. The number of piperidine rings is 2. The number of nitrogens with one attached hydrogen (secondary N) is 1. The van der Waals surface area contributed by atoms with Crippen LogP contribution < -0.4 is 10.2 Å². The number of nitriles is 1. The summed E-state index contributed by atoms with van der Waals surface area (Å²) in [5, 5.41) is 13.4. The van der Waals surface area contributed by atoms with Gasteiger partial charge in [-0.05, 0) is 68.2 Å². The molecule has 3 saturated heterocycles. The fraction of sp³-hybridized carbons (Fsp3) is 0.472. The Hall–Kier alpha value is -3.33. The molecular formula is C36H45N5. The molecule has 1 N–H and O–H groups in total. The molecule has 0 saturated carbocycles. The predicted molar refractivity (Wildman–Crippen MR) is 169 cm³/mol. The first-order valence-corrected chi connectivity index (χ1v) is 15.8. The highest BCUT2D eigenvalue weighted by Crippen LogP contribution is 2.46. The molecule has 0 radical (unpaired) electrons. The Morgan fingerprint density at radius 2 is 1.90 bits per heavy atom. The maximum Gasteiger partial charge on any atom is 0.118 e. The topological polar surface area (TPSA) is 55.5 Å². The van der Waals surface area contributed by atoms with E-state index in [9.17, 15) is 5.26 Å². The van der Waals surface area contributed by atoms with Crippen LogP contribution in [0.2, 0.25) is 0 Å². The molecule has 0 amide bonds. The van der Waals surface area contributed by atoms with Crippen molar-refractivity contribution in [1.82, 2.24) is 15.1 Å². The van der Waals surface area contributed by atoms with Crippen LogP contribution in [0.25, 0.3) is 0 Å². The van der Waals surface area contributed by atoms with Crippen LogP contribution >= 0.6 is 0 Å². The van der Waals surface area contributed by atoms with Gasteiger partial charge in [0, 0.05) is 62.5 Å². The molecule has 0 bridgehead atoms. The third-order valence-corrected chi connectivity index (χ3v) is 9.28. The van der Waals surface area contributed by atoms with E-state index in [1.807, 2.05) is 0 Å². The summed E-state index contributed by atoms with van der Waals surface area (Å²) in [4.78, 5) is 7.94. The largest absolute Gasteiger partial charge is 0.357 e. The normalized spacial score (nSPS) is 24.5. The second-order valence-electron chi connectivity index (χ2n) is 12.2. The number of aryl methyl sites for hydroxylation is 1.